The molecule has 0 radical (unpaired) electrons. The van der Waals surface area contributed by atoms with E-state index in [2.05, 4.69) is 57.2 Å². The highest BCUT2D eigenvalue weighted by Gasteiger charge is 2.30. The Morgan fingerprint density at radius 2 is 1.70 bits per heavy atom. The van der Waals surface area contributed by atoms with Crippen LogP contribution in [-0.4, -0.2) is 0 Å². The molecule has 106 valence electrons. The third kappa shape index (κ3) is 2.82. The van der Waals surface area contributed by atoms with E-state index in [0.29, 0.717) is 0 Å². The molecule has 1 heterocycles. The maximum Gasteiger partial charge on any atom is 0.0418 e. The lowest BCUT2D eigenvalue weighted by Gasteiger charge is -2.19. The Hall–Kier alpha value is -1.12. The van der Waals surface area contributed by atoms with Crippen LogP contribution in [0.15, 0.2) is 36.4 Å². The van der Waals surface area contributed by atoms with Gasteiger partial charge in [0, 0.05) is 15.8 Å². The number of benzene rings is 1. The maximum atomic E-state index is 6.28. The van der Waals surface area contributed by atoms with Crippen molar-refractivity contribution in [2.24, 2.45) is 11.7 Å². The minimum atomic E-state index is 0.216. The Morgan fingerprint density at radius 1 is 1.05 bits per heavy atom. The first-order valence-corrected chi connectivity index (χ1v) is 8.23. The first-order chi connectivity index (χ1) is 9.45. The van der Waals surface area contributed by atoms with Crippen molar-refractivity contribution in [2.45, 2.75) is 45.1 Å². The highest BCUT2D eigenvalue weighted by atomic mass is 32.1. The van der Waals surface area contributed by atoms with Crippen LogP contribution in [-0.2, 0) is 5.41 Å². The van der Waals surface area contributed by atoms with E-state index in [0.717, 1.165) is 5.92 Å². The molecule has 0 aliphatic heterocycles. The summed E-state index contributed by atoms with van der Waals surface area (Å²) in [4.78, 5) is 2.67. The fourth-order valence-corrected chi connectivity index (χ4v) is 3.62. The van der Waals surface area contributed by atoms with Crippen molar-refractivity contribution in [3.8, 4) is 10.4 Å². The van der Waals surface area contributed by atoms with Crippen LogP contribution in [0, 0.1) is 5.92 Å². The summed E-state index contributed by atoms with van der Waals surface area (Å²) in [5.41, 5.74) is 9.18. The van der Waals surface area contributed by atoms with Gasteiger partial charge < -0.3 is 5.73 Å². The van der Waals surface area contributed by atoms with Gasteiger partial charge in [-0.2, -0.15) is 0 Å². The molecule has 1 aromatic heterocycles. The van der Waals surface area contributed by atoms with E-state index >= 15 is 0 Å². The molecule has 20 heavy (non-hydrogen) atoms. The second-order valence-electron chi connectivity index (χ2n) is 6.89. The Labute approximate surface area is 125 Å². The predicted molar refractivity (Wildman–Crippen MR) is 88.1 cm³/mol. The molecule has 1 aliphatic rings. The molecule has 0 bridgehead atoms. The van der Waals surface area contributed by atoms with Gasteiger partial charge in [-0.15, -0.1) is 11.3 Å². The SMILES string of the molecule is CC(C)(C)c1ccc(-c2ccc(C(N)C3CC3)s2)cc1. The van der Waals surface area contributed by atoms with Gasteiger partial charge in [-0.05, 0) is 47.4 Å². The molecule has 2 heteroatoms. The number of nitrogens with two attached hydrogens (primary N) is 1. The third-order valence-electron chi connectivity index (χ3n) is 4.12. The van der Waals surface area contributed by atoms with Gasteiger partial charge >= 0.3 is 0 Å². The first-order valence-electron chi connectivity index (χ1n) is 7.41. The van der Waals surface area contributed by atoms with Gasteiger partial charge in [0.15, 0.2) is 0 Å². The second-order valence-corrected chi connectivity index (χ2v) is 8.01. The average molecular weight is 285 g/mol. The van der Waals surface area contributed by atoms with E-state index in [9.17, 15) is 0 Å². The number of rotatable bonds is 3. The van der Waals surface area contributed by atoms with Gasteiger partial charge in [-0.3, -0.25) is 0 Å². The van der Waals surface area contributed by atoms with Crippen LogP contribution < -0.4 is 5.73 Å². The largest absolute Gasteiger partial charge is 0.323 e. The van der Waals surface area contributed by atoms with Gasteiger partial charge in [0.1, 0.15) is 0 Å². The lowest BCUT2D eigenvalue weighted by atomic mass is 9.86. The molecule has 2 N–H and O–H groups in total. The minimum Gasteiger partial charge on any atom is -0.323 e. The van der Waals surface area contributed by atoms with Gasteiger partial charge in [0.2, 0.25) is 0 Å². The summed E-state index contributed by atoms with van der Waals surface area (Å²) >= 11 is 1.85. The van der Waals surface area contributed by atoms with Crippen LogP contribution in [0.3, 0.4) is 0 Å². The Bertz CT molecular complexity index is 585. The van der Waals surface area contributed by atoms with E-state index in [4.69, 9.17) is 5.73 Å². The van der Waals surface area contributed by atoms with Crippen molar-refractivity contribution in [3.05, 3.63) is 46.8 Å². The van der Waals surface area contributed by atoms with Crippen molar-refractivity contribution in [2.75, 3.05) is 0 Å². The molecule has 0 saturated heterocycles. The summed E-state index contributed by atoms with van der Waals surface area (Å²) in [5.74, 6) is 0.727. The highest BCUT2D eigenvalue weighted by Crippen LogP contribution is 2.42. The van der Waals surface area contributed by atoms with E-state index in [1.807, 2.05) is 11.3 Å². The van der Waals surface area contributed by atoms with Crippen LogP contribution in [0.1, 0.15) is 50.1 Å². The van der Waals surface area contributed by atoms with E-state index < -0.39 is 0 Å². The fourth-order valence-electron chi connectivity index (χ4n) is 2.51. The smallest absolute Gasteiger partial charge is 0.0418 e. The summed E-state index contributed by atoms with van der Waals surface area (Å²) in [7, 11) is 0. The number of hydrogen-bond donors (Lipinski definition) is 1. The van der Waals surface area contributed by atoms with Crippen LogP contribution in [0.2, 0.25) is 0 Å². The Kier molecular flexibility index (Phi) is 3.47. The molecule has 1 saturated carbocycles. The summed E-state index contributed by atoms with van der Waals surface area (Å²) in [6.45, 7) is 6.75. The summed E-state index contributed by atoms with van der Waals surface area (Å²) in [6, 6.07) is 13.6. The van der Waals surface area contributed by atoms with Gasteiger partial charge in [0.05, 0.1) is 0 Å². The average Bonchev–Trinajstić information content (AvgIpc) is 3.14. The van der Waals surface area contributed by atoms with Crippen molar-refractivity contribution < 1.29 is 0 Å². The van der Waals surface area contributed by atoms with Crippen molar-refractivity contribution in [1.29, 1.82) is 0 Å². The van der Waals surface area contributed by atoms with Gasteiger partial charge in [-0.25, -0.2) is 0 Å². The van der Waals surface area contributed by atoms with Crippen molar-refractivity contribution in [1.82, 2.24) is 0 Å². The van der Waals surface area contributed by atoms with Gasteiger partial charge in [-0.1, -0.05) is 45.0 Å². The maximum absolute atomic E-state index is 6.28. The molecule has 1 unspecified atom stereocenters. The predicted octanol–water partition coefficient (Wildman–Crippen LogP) is 5.12. The normalized spacial score (nSPS) is 17.2. The summed E-state index contributed by atoms with van der Waals surface area (Å²) < 4.78 is 0. The fraction of sp³-hybridized carbons (Fsp3) is 0.444. The molecule has 3 rings (SSSR count). The molecular weight excluding hydrogens is 262 g/mol. The zero-order chi connectivity index (χ0) is 14.3. The molecule has 1 aliphatic carbocycles. The molecule has 1 aromatic carbocycles. The quantitative estimate of drug-likeness (QED) is 0.832. The molecular formula is C18H23NS. The first kappa shape index (κ1) is 13.8. The molecule has 1 fully saturated rings. The standard InChI is InChI=1S/C18H23NS/c1-18(2,3)14-8-6-12(7-9-14)15-10-11-16(20-15)17(19)13-4-5-13/h6-11,13,17H,4-5,19H2,1-3H3. The lowest BCUT2D eigenvalue weighted by Crippen LogP contribution is -2.10. The molecule has 1 nitrogen and oxygen atoms in total. The van der Waals surface area contributed by atoms with Crippen LogP contribution in [0.25, 0.3) is 10.4 Å². The van der Waals surface area contributed by atoms with E-state index in [1.165, 1.54) is 33.7 Å². The van der Waals surface area contributed by atoms with E-state index in [-0.39, 0.29) is 11.5 Å². The monoisotopic (exact) mass is 285 g/mol. The summed E-state index contributed by atoms with van der Waals surface area (Å²) in [6.07, 6.45) is 2.60. The lowest BCUT2D eigenvalue weighted by molar-refractivity contribution is 0.590. The Balaban J connectivity index is 1.82. The number of hydrogen-bond acceptors (Lipinski definition) is 2. The Morgan fingerprint density at radius 3 is 2.25 bits per heavy atom. The third-order valence-corrected chi connectivity index (χ3v) is 5.36. The number of thiophene rings is 1. The molecule has 1 atom stereocenters. The molecule has 0 spiro atoms. The van der Waals surface area contributed by atoms with Crippen LogP contribution in [0.4, 0.5) is 0 Å². The minimum absolute atomic E-state index is 0.216. The topological polar surface area (TPSA) is 26.0 Å². The van der Waals surface area contributed by atoms with Crippen LogP contribution in [0.5, 0.6) is 0 Å². The molecule has 0 amide bonds. The van der Waals surface area contributed by atoms with Gasteiger partial charge in [0.25, 0.3) is 0 Å². The molecule has 2 aromatic rings. The zero-order valence-corrected chi connectivity index (χ0v) is 13.3. The highest BCUT2D eigenvalue weighted by molar-refractivity contribution is 7.15. The summed E-state index contributed by atoms with van der Waals surface area (Å²) in [5, 5.41) is 0. The van der Waals surface area contributed by atoms with Crippen molar-refractivity contribution in [3.63, 3.8) is 0 Å². The second kappa shape index (κ2) is 5.01. The van der Waals surface area contributed by atoms with E-state index in [1.54, 1.807) is 0 Å². The van der Waals surface area contributed by atoms with Crippen LogP contribution >= 0.6 is 11.3 Å². The van der Waals surface area contributed by atoms with Crippen molar-refractivity contribution >= 4 is 11.3 Å². The zero-order valence-electron chi connectivity index (χ0n) is 12.5.